The average molecular weight is 261 g/mol. The summed E-state index contributed by atoms with van der Waals surface area (Å²) < 4.78 is 5.30. The second kappa shape index (κ2) is 4.05. The van der Waals surface area contributed by atoms with Crippen molar-refractivity contribution >= 4 is 11.7 Å². The molecule has 1 aliphatic heterocycles. The Kier molecular flexibility index (Phi) is 2.88. The molecule has 19 heavy (non-hydrogen) atoms. The Bertz CT molecular complexity index is 569. The third-order valence-electron chi connectivity index (χ3n) is 3.46. The number of carbonyl (C=O) groups excluding carboxylic acids is 1. The Hall–Kier alpha value is -1.91. The molecule has 0 amide bonds. The topological polar surface area (TPSA) is 77.0 Å². The first-order valence-electron chi connectivity index (χ1n) is 6.20. The van der Waals surface area contributed by atoms with Gasteiger partial charge in [0.1, 0.15) is 5.75 Å². The second-order valence-corrected chi connectivity index (χ2v) is 6.35. The van der Waals surface area contributed by atoms with Crippen molar-refractivity contribution in [2.75, 3.05) is 0 Å². The lowest BCUT2D eigenvalue weighted by Crippen LogP contribution is -2.26. The van der Waals surface area contributed by atoms with Crippen molar-refractivity contribution in [2.45, 2.75) is 45.4 Å². The van der Waals surface area contributed by atoms with Crippen LogP contribution in [0.3, 0.4) is 0 Å². The van der Waals surface area contributed by atoms with Crippen LogP contribution in [0.5, 0.6) is 5.75 Å². The van der Waals surface area contributed by atoms with Crippen molar-refractivity contribution in [2.24, 2.45) is 16.2 Å². The summed E-state index contributed by atoms with van der Waals surface area (Å²) in [5.74, 6) is 5.45. The molecule has 2 N–H and O–H groups in total. The molecule has 1 heterocycles. The van der Waals surface area contributed by atoms with Gasteiger partial charge in [-0.15, -0.1) is 5.11 Å². The summed E-state index contributed by atoms with van der Waals surface area (Å²) >= 11 is 0. The van der Waals surface area contributed by atoms with Crippen molar-refractivity contribution < 1.29 is 9.53 Å². The molecule has 0 saturated carbocycles. The molecule has 0 unspecified atom stereocenters. The normalized spacial score (nSPS) is 17.6. The van der Waals surface area contributed by atoms with Crippen molar-refractivity contribution in [3.8, 4) is 5.75 Å². The first-order chi connectivity index (χ1) is 8.67. The molecule has 1 aromatic rings. The Morgan fingerprint density at radius 2 is 1.89 bits per heavy atom. The number of rotatable bonds is 1. The van der Waals surface area contributed by atoms with Gasteiger partial charge in [-0.05, 0) is 30.9 Å². The van der Waals surface area contributed by atoms with E-state index in [9.17, 15) is 4.79 Å². The number of carbonyl (C=O) groups is 1. The number of hydrogen-bond acceptors (Lipinski definition) is 4. The van der Waals surface area contributed by atoms with Crippen LogP contribution in [0.15, 0.2) is 22.5 Å². The fourth-order valence-electron chi connectivity index (χ4n) is 2.23. The number of esters is 1. The van der Waals surface area contributed by atoms with Crippen LogP contribution >= 0.6 is 0 Å². The van der Waals surface area contributed by atoms with Crippen LogP contribution in [-0.2, 0) is 15.6 Å². The van der Waals surface area contributed by atoms with Gasteiger partial charge in [-0.3, -0.25) is 4.79 Å². The zero-order valence-electron chi connectivity index (χ0n) is 11.9. The van der Waals surface area contributed by atoms with Gasteiger partial charge in [0.15, 0.2) is 0 Å². The summed E-state index contributed by atoms with van der Waals surface area (Å²) in [6.07, 6.45) is 0. The van der Waals surface area contributed by atoms with E-state index in [0.717, 1.165) is 11.1 Å². The molecule has 0 bridgehead atoms. The molecule has 1 aliphatic rings. The van der Waals surface area contributed by atoms with Crippen LogP contribution in [0, 0.1) is 0 Å². The lowest BCUT2D eigenvalue weighted by atomic mass is 9.79. The van der Waals surface area contributed by atoms with E-state index in [4.69, 9.17) is 10.6 Å². The molecular weight excluding hydrogens is 242 g/mol. The molecular formula is C14H19N3O2. The number of nitrogens with two attached hydrogens (primary N) is 1. The summed E-state index contributed by atoms with van der Waals surface area (Å²) in [7, 11) is 0. The lowest BCUT2D eigenvalue weighted by molar-refractivity contribution is -0.137. The molecule has 0 atom stereocenters. The quantitative estimate of drug-likeness (QED) is 0.277. The maximum atomic E-state index is 11.9. The predicted octanol–water partition coefficient (Wildman–Crippen LogP) is 3.14. The fourth-order valence-corrected chi connectivity index (χ4v) is 2.23. The summed E-state index contributed by atoms with van der Waals surface area (Å²) in [5, 5.41) is 7.28. The Balaban J connectivity index is 2.71. The number of benzene rings is 1. The van der Waals surface area contributed by atoms with Crippen molar-refractivity contribution in [3.63, 3.8) is 0 Å². The van der Waals surface area contributed by atoms with E-state index in [1.165, 1.54) is 0 Å². The molecule has 0 saturated heterocycles. The summed E-state index contributed by atoms with van der Waals surface area (Å²) in [5.41, 5.74) is 1.76. The molecule has 1 aromatic carbocycles. The van der Waals surface area contributed by atoms with Crippen molar-refractivity contribution in [1.82, 2.24) is 0 Å². The van der Waals surface area contributed by atoms with Crippen LogP contribution in [0.1, 0.15) is 45.7 Å². The van der Waals surface area contributed by atoms with Crippen LogP contribution in [-0.4, -0.2) is 5.97 Å². The second-order valence-electron chi connectivity index (χ2n) is 6.35. The smallest absolute Gasteiger partial charge is 0.321 e. The van der Waals surface area contributed by atoms with Gasteiger partial charge in [-0.2, -0.15) is 0 Å². The first kappa shape index (κ1) is 13.5. The Labute approximate surface area is 112 Å². The molecule has 2 rings (SSSR count). The van der Waals surface area contributed by atoms with Crippen molar-refractivity contribution in [1.29, 1.82) is 0 Å². The maximum absolute atomic E-state index is 11.9. The van der Waals surface area contributed by atoms with Crippen LogP contribution < -0.4 is 10.6 Å². The molecule has 5 heteroatoms. The monoisotopic (exact) mass is 261 g/mol. The lowest BCUT2D eigenvalue weighted by Gasteiger charge is -2.23. The SMILES string of the molecule is CC(C)(C)c1cc2c(cc1N=NN)OC(=O)C2(C)C. The highest BCUT2D eigenvalue weighted by Gasteiger charge is 2.42. The third-order valence-corrected chi connectivity index (χ3v) is 3.46. The van der Waals surface area contributed by atoms with E-state index in [1.54, 1.807) is 6.07 Å². The molecule has 0 aromatic heterocycles. The predicted molar refractivity (Wildman–Crippen MR) is 72.5 cm³/mol. The zero-order valence-corrected chi connectivity index (χ0v) is 11.9. The molecule has 0 aliphatic carbocycles. The highest BCUT2D eigenvalue weighted by atomic mass is 16.5. The zero-order chi connectivity index (χ0) is 14.4. The fraction of sp³-hybridized carbons (Fsp3) is 0.500. The first-order valence-corrected chi connectivity index (χ1v) is 6.20. The largest absolute Gasteiger partial charge is 0.425 e. The minimum Gasteiger partial charge on any atom is -0.425 e. The van der Waals surface area contributed by atoms with Gasteiger partial charge in [-0.25, -0.2) is 0 Å². The minimum absolute atomic E-state index is 0.125. The molecule has 0 radical (unpaired) electrons. The van der Waals surface area contributed by atoms with Gasteiger partial charge < -0.3 is 10.6 Å². The van der Waals surface area contributed by atoms with Gasteiger partial charge in [0.05, 0.1) is 11.1 Å². The Morgan fingerprint density at radius 3 is 2.42 bits per heavy atom. The summed E-state index contributed by atoms with van der Waals surface area (Å²) in [6.45, 7) is 9.95. The van der Waals surface area contributed by atoms with Gasteiger partial charge in [0.2, 0.25) is 0 Å². The molecule has 0 spiro atoms. The number of nitrogens with zero attached hydrogens (tertiary/aromatic N) is 2. The van der Waals surface area contributed by atoms with E-state index >= 15 is 0 Å². The highest BCUT2D eigenvalue weighted by molar-refractivity contribution is 5.90. The van der Waals surface area contributed by atoms with E-state index in [-0.39, 0.29) is 11.4 Å². The highest BCUT2D eigenvalue weighted by Crippen LogP contribution is 2.45. The van der Waals surface area contributed by atoms with Crippen LogP contribution in [0.25, 0.3) is 0 Å². The van der Waals surface area contributed by atoms with Crippen LogP contribution in [0.2, 0.25) is 0 Å². The number of hydrogen-bond donors (Lipinski definition) is 1. The van der Waals surface area contributed by atoms with E-state index in [0.29, 0.717) is 11.4 Å². The van der Waals surface area contributed by atoms with Gasteiger partial charge in [0, 0.05) is 11.6 Å². The van der Waals surface area contributed by atoms with Crippen LogP contribution in [0.4, 0.5) is 5.69 Å². The van der Waals surface area contributed by atoms with Gasteiger partial charge in [0.25, 0.3) is 0 Å². The standard InChI is InChI=1S/C14H19N3O2/c1-13(2,3)8-6-9-11(7-10(8)16-17-15)19-12(18)14(9,4)5/h6-7H,1-5H3,(H2,15,16). The van der Waals surface area contributed by atoms with E-state index in [1.807, 2.05) is 19.9 Å². The van der Waals surface area contributed by atoms with E-state index in [2.05, 4.69) is 31.1 Å². The van der Waals surface area contributed by atoms with E-state index < -0.39 is 5.41 Å². The summed E-state index contributed by atoms with van der Waals surface area (Å²) in [6, 6.07) is 3.71. The minimum atomic E-state index is -0.631. The summed E-state index contributed by atoms with van der Waals surface area (Å²) in [4.78, 5) is 11.9. The number of ether oxygens (including phenoxy) is 1. The van der Waals surface area contributed by atoms with Crippen molar-refractivity contribution in [3.05, 3.63) is 23.3 Å². The maximum Gasteiger partial charge on any atom is 0.321 e. The molecule has 5 nitrogen and oxygen atoms in total. The Morgan fingerprint density at radius 1 is 1.26 bits per heavy atom. The average Bonchev–Trinajstić information content (AvgIpc) is 2.48. The van der Waals surface area contributed by atoms with Gasteiger partial charge >= 0.3 is 5.97 Å². The van der Waals surface area contributed by atoms with Gasteiger partial charge in [-0.1, -0.05) is 26.0 Å². The number of fused-ring (bicyclic) bond motifs is 1. The third kappa shape index (κ3) is 2.09. The molecule has 102 valence electrons. The molecule has 0 fully saturated rings.